The third-order valence-electron chi connectivity index (χ3n) is 2.01. The first-order valence-corrected chi connectivity index (χ1v) is 4.88. The molecule has 1 aliphatic rings. The van der Waals surface area contributed by atoms with Crippen LogP contribution in [0.2, 0.25) is 0 Å². The van der Waals surface area contributed by atoms with Crippen molar-refractivity contribution in [2.75, 3.05) is 0 Å². The Morgan fingerprint density at radius 3 is 2.75 bits per heavy atom. The number of rotatable bonds is 0. The maximum atomic E-state index is 3.26. The Morgan fingerprint density at radius 1 is 0.833 bits per heavy atom. The molecule has 0 fully saturated rings. The molecule has 0 nitrogen and oxygen atoms in total. The second-order valence-electron chi connectivity index (χ2n) is 3.14. The molecule has 0 aromatic heterocycles. The van der Waals surface area contributed by atoms with Crippen molar-refractivity contribution in [1.29, 1.82) is 0 Å². The zero-order valence-electron chi connectivity index (χ0n) is 7.63. The van der Waals surface area contributed by atoms with Gasteiger partial charge in [-0.1, -0.05) is 43.2 Å². The van der Waals surface area contributed by atoms with Gasteiger partial charge in [0, 0.05) is 0 Å². The summed E-state index contributed by atoms with van der Waals surface area (Å²) in [5.74, 6) is 0. The Balaban J connectivity index is 2.32. The van der Waals surface area contributed by atoms with E-state index in [0.29, 0.717) is 0 Å². The molecule has 0 heteroatoms. The van der Waals surface area contributed by atoms with Gasteiger partial charge in [-0.15, -0.1) is 0 Å². The van der Waals surface area contributed by atoms with Crippen molar-refractivity contribution in [3.8, 4) is 0 Å². The summed E-state index contributed by atoms with van der Waals surface area (Å²) < 4.78 is 0. The van der Waals surface area contributed by atoms with Crippen LogP contribution in [0.1, 0.15) is 38.5 Å². The average molecular weight is 161 g/mol. The second-order valence-corrected chi connectivity index (χ2v) is 3.14. The van der Waals surface area contributed by atoms with Crippen LogP contribution in [0.3, 0.4) is 0 Å². The maximum Gasteiger partial charge on any atom is -0.0276 e. The number of hydrogen-bond donors (Lipinski definition) is 0. The molecule has 0 saturated heterocycles. The van der Waals surface area contributed by atoms with Crippen LogP contribution in [0.15, 0.2) is 30.4 Å². The van der Waals surface area contributed by atoms with Crippen molar-refractivity contribution >= 4 is 0 Å². The molecule has 0 heterocycles. The minimum Gasteiger partial charge on any atom is -0.0845 e. The van der Waals surface area contributed by atoms with Gasteiger partial charge in [0.25, 0.3) is 0 Å². The summed E-state index contributed by atoms with van der Waals surface area (Å²) in [5, 5.41) is 0. The fourth-order valence-corrected chi connectivity index (χ4v) is 1.29. The molecular formula is C12H17. The summed E-state index contributed by atoms with van der Waals surface area (Å²) in [7, 11) is 0. The van der Waals surface area contributed by atoms with E-state index in [4.69, 9.17) is 0 Å². The highest BCUT2D eigenvalue weighted by molar-refractivity contribution is 5.09. The van der Waals surface area contributed by atoms with Crippen molar-refractivity contribution in [2.45, 2.75) is 38.5 Å². The molecule has 0 aromatic rings. The third-order valence-corrected chi connectivity index (χ3v) is 2.01. The molecule has 65 valence electrons. The molecule has 0 amide bonds. The molecule has 1 rings (SSSR count). The van der Waals surface area contributed by atoms with Gasteiger partial charge in [0.1, 0.15) is 0 Å². The van der Waals surface area contributed by atoms with Crippen molar-refractivity contribution in [2.24, 2.45) is 0 Å². The van der Waals surface area contributed by atoms with Crippen LogP contribution in [0.25, 0.3) is 0 Å². The highest BCUT2D eigenvalue weighted by atomic mass is 13.9. The Morgan fingerprint density at radius 2 is 1.75 bits per heavy atom. The molecule has 0 spiro atoms. The smallest absolute Gasteiger partial charge is 0.0276 e. The van der Waals surface area contributed by atoms with Crippen LogP contribution in [-0.4, -0.2) is 0 Å². The number of hydrogen-bond acceptors (Lipinski definition) is 0. The van der Waals surface area contributed by atoms with Gasteiger partial charge in [0.2, 0.25) is 0 Å². The van der Waals surface area contributed by atoms with Gasteiger partial charge in [-0.3, -0.25) is 0 Å². The van der Waals surface area contributed by atoms with Gasteiger partial charge < -0.3 is 0 Å². The van der Waals surface area contributed by atoms with Crippen molar-refractivity contribution in [1.82, 2.24) is 0 Å². The van der Waals surface area contributed by atoms with Crippen molar-refractivity contribution < 1.29 is 0 Å². The van der Waals surface area contributed by atoms with E-state index in [2.05, 4.69) is 30.4 Å². The second kappa shape index (κ2) is 6.90. The van der Waals surface area contributed by atoms with Crippen LogP contribution >= 0.6 is 0 Å². The fourth-order valence-electron chi connectivity index (χ4n) is 1.29. The molecule has 0 aliphatic heterocycles. The van der Waals surface area contributed by atoms with Crippen LogP contribution in [0, 0.1) is 6.08 Å². The van der Waals surface area contributed by atoms with Crippen molar-refractivity contribution in [3.05, 3.63) is 36.5 Å². The highest BCUT2D eigenvalue weighted by Gasteiger charge is 1.87. The average Bonchev–Trinajstić information content (AvgIpc) is 2.05. The first-order valence-electron chi connectivity index (χ1n) is 4.88. The molecule has 0 unspecified atom stereocenters. The summed E-state index contributed by atoms with van der Waals surface area (Å²) in [4.78, 5) is 0. The van der Waals surface area contributed by atoms with E-state index in [-0.39, 0.29) is 0 Å². The molecule has 1 aliphatic carbocycles. The molecule has 0 saturated carbocycles. The lowest BCUT2D eigenvalue weighted by Crippen LogP contribution is -1.77. The van der Waals surface area contributed by atoms with Crippen LogP contribution in [0.4, 0.5) is 0 Å². The third kappa shape index (κ3) is 4.95. The Labute approximate surface area is 75.7 Å². The van der Waals surface area contributed by atoms with E-state index >= 15 is 0 Å². The van der Waals surface area contributed by atoms with E-state index < -0.39 is 0 Å². The molecule has 0 aromatic carbocycles. The SMILES string of the molecule is [C]1=C/C=C/C=C\CCCCCC\1. The van der Waals surface area contributed by atoms with Gasteiger partial charge in [0.15, 0.2) is 0 Å². The van der Waals surface area contributed by atoms with E-state index in [1.54, 1.807) is 0 Å². The van der Waals surface area contributed by atoms with Gasteiger partial charge in [-0.05, 0) is 31.8 Å². The Hall–Kier alpha value is -0.780. The normalized spacial score (nSPS) is 28.0. The zero-order chi connectivity index (χ0) is 8.49. The predicted octanol–water partition coefficient (Wildman–Crippen LogP) is 3.81. The summed E-state index contributed by atoms with van der Waals surface area (Å²) in [6.07, 6.45) is 21.5. The number of allylic oxidation sites excluding steroid dienone is 6. The molecule has 0 N–H and O–H groups in total. The summed E-state index contributed by atoms with van der Waals surface area (Å²) in [6.45, 7) is 0. The monoisotopic (exact) mass is 161 g/mol. The largest absolute Gasteiger partial charge is 0.0845 e. The lowest BCUT2D eigenvalue weighted by Gasteiger charge is -1.96. The van der Waals surface area contributed by atoms with Crippen LogP contribution in [-0.2, 0) is 0 Å². The lowest BCUT2D eigenvalue weighted by molar-refractivity contribution is 0.649. The predicted molar refractivity (Wildman–Crippen MR) is 53.8 cm³/mol. The van der Waals surface area contributed by atoms with Crippen LogP contribution in [0.5, 0.6) is 0 Å². The standard InChI is InChI=1S/C12H17/c1-2-4-6-8-10-12-11-9-7-5-3-1/h1-5H,6,8-12H2/b3-1+,4-2-,7-5?. The first-order chi connectivity index (χ1) is 6.00. The lowest BCUT2D eigenvalue weighted by atomic mass is 10.1. The minimum atomic E-state index is 1.12. The van der Waals surface area contributed by atoms with Crippen molar-refractivity contribution in [3.63, 3.8) is 0 Å². The van der Waals surface area contributed by atoms with Gasteiger partial charge in [0.05, 0.1) is 0 Å². The Bertz CT molecular complexity index is 152. The van der Waals surface area contributed by atoms with Crippen LogP contribution < -0.4 is 0 Å². The van der Waals surface area contributed by atoms with Gasteiger partial charge in [-0.25, -0.2) is 0 Å². The van der Waals surface area contributed by atoms with E-state index in [0.717, 1.165) is 6.42 Å². The quantitative estimate of drug-likeness (QED) is 0.506. The van der Waals surface area contributed by atoms with E-state index in [1.165, 1.54) is 32.1 Å². The topological polar surface area (TPSA) is 0 Å². The summed E-state index contributed by atoms with van der Waals surface area (Å²) in [6, 6.07) is 0. The van der Waals surface area contributed by atoms with E-state index in [9.17, 15) is 0 Å². The molecule has 12 heavy (non-hydrogen) atoms. The minimum absolute atomic E-state index is 1.12. The zero-order valence-corrected chi connectivity index (χ0v) is 7.63. The summed E-state index contributed by atoms with van der Waals surface area (Å²) >= 11 is 0. The van der Waals surface area contributed by atoms with E-state index in [1.807, 2.05) is 6.08 Å². The van der Waals surface area contributed by atoms with Gasteiger partial charge in [-0.2, -0.15) is 0 Å². The first kappa shape index (κ1) is 9.31. The molecule has 0 atom stereocenters. The molecular weight excluding hydrogens is 144 g/mol. The fraction of sp³-hybridized carbons (Fsp3) is 0.500. The molecule has 0 bridgehead atoms. The summed E-state index contributed by atoms with van der Waals surface area (Å²) in [5.41, 5.74) is 0. The highest BCUT2D eigenvalue weighted by Crippen LogP contribution is 2.06. The maximum absolute atomic E-state index is 3.26. The van der Waals surface area contributed by atoms with Gasteiger partial charge >= 0.3 is 0 Å². The Kier molecular flexibility index (Phi) is 5.35. The molecule has 1 radical (unpaired) electrons.